The summed E-state index contributed by atoms with van der Waals surface area (Å²) in [5.41, 5.74) is 1.86. The lowest BCUT2D eigenvalue weighted by Gasteiger charge is -2.34. The number of sulfonamides is 1. The lowest BCUT2D eigenvalue weighted by Crippen LogP contribution is -2.49. The molecule has 0 aliphatic carbocycles. The van der Waals surface area contributed by atoms with Gasteiger partial charge in [0.05, 0.1) is 10.6 Å². The molecule has 0 N–H and O–H groups in total. The molecule has 3 heterocycles. The fourth-order valence-corrected chi connectivity index (χ4v) is 5.09. The number of hydrogen-bond acceptors (Lipinski definition) is 7. The van der Waals surface area contributed by atoms with E-state index in [0.717, 1.165) is 35.7 Å². The number of aromatic nitrogens is 4. The molecule has 0 amide bonds. The van der Waals surface area contributed by atoms with Gasteiger partial charge in [0.2, 0.25) is 10.0 Å². The summed E-state index contributed by atoms with van der Waals surface area (Å²) >= 11 is 0. The third-order valence-electron chi connectivity index (χ3n) is 5.57. The first-order valence-electron chi connectivity index (χ1n) is 10.4. The molecule has 13 heteroatoms. The molecule has 1 aliphatic heterocycles. The van der Waals surface area contributed by atoms with Crippen molar-refractivity contribution in [2.24, 2.45) is 0 Å². The molecular weight excluding hydrogens is 473 g/mol. The Morgan fingerprint density at radius 1 is 0.941 bits per heavy atom. The maximum absolute atomic E-state index is 13.0. The quantitative estimate of drug-likeness (QED) is 0.536. The fraction of sp³-hybridized carbons (Fsp3) is 0.381. The maximum Gasteiger partial charge on any atom is 0.573 e. The average Bonchev–Trinajstić information content (AvgIpc) is 3.11. The van der Waals surface area contributed by atoms with Crippen molar-refractivity contribution in [2.75, 3.05) is 31.1 Å². The highest BCUT2D eigenvalue weighted by molar-refractivity contribution is 7.89. The van der Waals surface area contributed by atoms with E-state index in [1.54, 1.807) is 13.3 Å². The first-order chi connectivity index (χ1) is 15.9. The second kappa shape index (κ2) is 8.87. The van der Waals surface area contributed by atoms with Gasteiger partial charge in [-0.15, -0.1) is 13.2 Å². The van der Waals surface area contributed by atoms with E-state index in [1.807, 2.05) is 29.4 Å². The molecule has 1 fully saturated rings. The summed E-state index contributed by atoms with van der Waals surface area (Å²) in [6.45, 7) is 6.84. The zero-order valence-corrected chi connectivity index (χ0v) is 19.6. The zero-order chi connectivity index (χ0) is 24.7. The molecule has 0 saturated carbocycles. The summed E-state index contributed by atoms with van der Waals surface area (Å²) in [5.74, 6) is 1.46. The Labute approximate surface area is 194 Å². The van der Waals surface area contributed by atoms with Crippen molar-refractivity contribution in [2.45, 2.75) is 32.0 Å². The average molecular weight is 497 g/mol. The number of benzene rings is 1. The molecule has 1 aliphatic rings. The molecule has 34 heavy (non-hydrogen) atoms. The number of hydrogen-bond donors (Lipinski definition) is 0. The van der Waals surface area contributed by atoms with E-state index in [2.05, 4.69) is 19.7 Å². The van der Waals surface area contributed by atoms with Gasteiger partial charge in [-0.3, -0.25) is 4.57 Å². The minimum Gasteiger partial charge on any atom is -0.406 e. The van der Waals surface area contributed by atoms with Crippen LogP contribution in [0, 0.1) is 20.8 Å². The van der Waals surface area contributed by atoms with Crippen LogP contribution in [0.5, 0.6) is 5.75 Å². The van der Waals surface area contributed by atoms with Gasteiger partial charge < -0.3 is 9.64 Å². The van der Waals surface area contributed by atoms with Crippen molar-refractivity contribution in [3.63, 3.8) is 0 Å². The molecule has 4 rings (SSSR count). The van der Waals surface area contributed by atoms with E-state index in [0.29, 0.717) is 30.5 Å². The minimum atomic E-state index is -4.84. The number of nitrogens with zero attached hydrogens (tertiary/aromatic N) is 6. The summed E-state index contributed by atoms with van der Waals surface area (Å²) in [6, 6.07) is 6.03. The van der Waals surface area contributed by atoms with Crippen LogP contribution in [0.25, 0.3) is 5.82 Å². The van der Waals surface area contributed by atoms with E-state index in [1.165, 1.54) is 4.31 Å². The summed E-state index contributed by atoms with van der Waals surface area (Å²) < 4.78 is 70.0. The van der Waals surface area contributed by atoms with Gasteiger partial charge in [0.15, 0.2) is 0 Å². The van der Waals surface area contributed by atoms with Crippen LogP contribution < -0.4 is 9.64 Å². The Bertz CT molecular complexity index is 1280. The van der Waals surface area contributed by atoms with E-state index in [-0.39, 0.29) is 18.0 Å². The second-order valence-electron chi connectivity index (χ2n) is 7.83. The topological polar surface area (TPSA) is 93.5 Å². The Kier molecular flexibility index (Phi) is 6.25. The molecule has 3 aromatic rings. The summed E-state index contributed by atoms with van der Waals surface area (Å²) in [4.78, 5) is 15.2. The van der Waals surface area contributed by atoms with Gasteiger partial charge in [-0.25, -0.2) is 23.4 Å². The monoisotopic (exact) mass is 496 g/mol. The molecule has 1 saturated heterocycles. The van der Waals surface area contributed by atoms with Crippen LogP contribution in [0.4, 0.5) is 19.0 Å². The molecule has 0 atom stereocenters. The highest BCUT2D eigenvalue weighted by Gasteiger charge is 2.32. The van der Waals surface area contributed by atoms with E-state index in [9.17, 15) is 21.6 Å². The van der Waals surface area contributed by atoms with Crippen LogP contribution in [0.15, 0.2) is 41.6 Å². The normalized spacial score (nSPS) is 15.5. The lowest BCUT2D eigenvalue weighted by atomic mass is 10.3. The predicted molar refractivity (Wildman–Crippen MR) is 117 cm³/mol. The standard InChI is InChI=1S/C21H23F3N6O3S/c1-14-15(2)30(13-25-14)20-12-19(26-16(3)27-20)28-8-10-29(11-9-28)34(31,32)18-6-4-17(5-7-18)33-21(22,23)24/h4-7,12-13H,8-11H2,1-3H3. The van der Waals surface area contributed by atoms with Crippen LogP contribution in [-0.4, -0.2) is 64.8 Å². The number of alkyl halides is 3. The Balaban J connectivity index is 1.47. The summed E-state index contributed by atoms with van der Waals surface area (Å²) in [5, 5.41) is 0. The molecule has 2 aromatic heterocycles. The molecule has 0 bridgehead atoms. The van der Waals surface area contributed by atoms with Gasteiger partial charge in [0.1, 0.15) is 29.5 Å². The van der Waals surface area contributed by atoms with Gasteiger partial charge in [-0.1, -0.05) is 0 Å². The van der Waals surface area contributed by atoms with E-state index < -0.39 is 22.1 Å². The van der Waals surface area contributed by atoms with Crippen molar-refractivity contribution < 1.29 is 26.3 Å². The van der Waals surface area contributed by atoms with E-state index in [4.69, 9.17) is 0 Å². The molecule has 0 radical (unpaired) electrons. The van der Waals surface area contributed by atoms with Crippen LogP contribution >= 0.6 is 0 Å². The van der Waals surface area contributed by atoms with Crippen LogP contribution in [-0.2, 0) is 10.0 Å². The minimum absolute atomic E-state index is 0.0957. The zero-order valence-electron chi connectivity index (χ0n) is 18.7. The second-order valence-corrected chi connectivity index (χ2v) is 9.77. The first kappa shape index (κ1) is 24.0. The van der Waals surface area contributed by atoms with Crippen molar-refractivity contribution >= 4 is 15.8 Å². The number of rotatable bonds is 5. The van der Waals surface area contributed by atoms with E-state index >= 15 is 0 Å². The molecular formula is C21H23F3N6O3S. The molecule has 9 nitrogen and oxygen atoms in total. The number of imidazole rings is 1. The first-order valence-corrected chi connectivity index (χ1v) is 11.9. The molecule has 1 aromatic carbocycles. The number of anilines is 1. The largest absolute Gasteiger partial charge is 0.573 e. The number of piperazine rings is 1. The Morgan fingerprint density at radius 2 is 1.56 bits per heavy atom. The molecule has 0 spiro atoms. The van der Waals surface area contributed by atoms with Crippen LogP contribution in [0.3, 0.4) is 0 Å². The van der Waals surface area contributed by atoms with Crippen molar-refractivity contribution in [3.8, 4) is 11.6 Å². The summed E-state index contributed by atoms with van der Waals surface area (Å²) in [6.07, 6.45) is -3.14. The molecule has 0 unspecified atom stereocenters. The SMILES string of the molecule is Cc1nc(N2CCN(S(=O)(=O)c3ccc(OC(F)(F)F)cc3)CC2)cc(-n2cnc(C)c2C)n1. The summed E-state index contributed by atoms with van der Waals surface area (Å²) in [7, 11) is -3.87. The Hall–Kier alpha value is -3.19. The number of aryl methyl sites for hydroxylation is 2. The van der Waals surface area contributed by atoms with Gasteiger partial charge >= 0.3 is 6.36 Å². The van der Waals surface area contributed by atoms with Gasteiger partial charge in [0, 0.05) is 37.9 Å². The maximum atomic E-state index is 13.0. The third kappa shape index (κ3) is 4.99. The van der Waals surface area contributed by atoms with Crippen molar-refractivity contribution in [3.05, 3.63) is 53.9 Å². The van der Waals surface area contributed by atoms with Gasteiger partial charge in [-0.2, -0.15) is 4.31 Å². The lowest BCUT2D eigenvalue weighted by molar-refractivity contribution is -0.274. The Morgan fingerprint density at radius 3 is 2.12 bits per heavy atom. The smallest absolute Gasteiger partial charge is 0.406 e. The van der Waals surface area contributed by atoms with Crippen LogP contribution in [0.1, 0.15) is 17.2 Å². The van der Waals surface area contributed by atoms with Crippen molar-refractivity contribution in [1.29, 1.82) is 0 Å². The fourth-order valence-electron chi connectivity index (χ4n) is 3.67. The van der Waals surface area contributed by atoms with Gasteiger partial charge in [0.25, 0.3) is 0 Å². The predicted octanol–water partition coefficient (Wildman–Crippen LogP) is 3.00. The number of halogens is 3. The van der Waals surface area contributed by atoms with Crippen molar-refractivity contribution in [1.82, 2.24) is 23.8 Å². The molecule has 182 valence electrons. The van der Waals surface area contributed by atoms with Gasteiger partial charge in [-0.05, 0) is 45.0 Å². The van der Waals surface area contributed by atoms with Crippen LogP contribution in [0.2, 0.25) is 0 Å². The third-order valence-corrected chi connectivity index (χ3v) is 7.48. The number of ether oxygens (including phenoxy) is 1. The highest BCUT2D eigenvalue weighted by Crippen LogP contribution is 2.26. The highest BCUT2D eigenvalue weighted by atomic mass is 32.2.